The minimum absolute atomic E-state index is 0.128. The summed E-state index contributed by atoms with van der Waals surface area (Å²) in [5.41, 5.74) is 2.12. The van der Waals surface area contributed by atoms with Crippen LogP contribution in [0.15, 0.2) is 35.4 Å². The number of unbranched alkanes of at least 4 members (excludes halogenated alkanes) is 1. The van der Waals surface area contributed by atoms with Crippen molar-refractivity contribution in [2.75, 3.05) is 25.3 Å². The largest absolute Gasteiger partial charge is 0.497 e. The number of hydrogen-bond donors (Lipinski definition) is 1. The number of methoxy groups -OCH3 is 2. The van der Waals surface area contributed by atoms with Gasteiger partial charge in [0, 0.05) is 23.9 Å². The van der Waals surface area contributed by atoms with Gasteiger partial charge in [0.15, 0.2) is 0 Å². The molecule has 0 radical (unpaired) electrons. The van der Waals surface area contributed by atoms with Crippen LogP contribution < -0.4 is 14.8 Å². The van der Waals surface area contributed by atoms with Crippen LogP contribution in [0, 0.1) is 11.3 Å². The lowest BCUT2D eigenvalue weighted by molar-refractivity contribution is -0.115. The van der Waals surface area contributed by atoms with E-state index < -0.39 is 0 Å². The first kappa shape index (κ1) is 21.6. The molecule has 6 nitrogen and oxygen atoms in total. The Morgan fingerprint density at radius 1 is 1.25 bits per heavy atom. The van der Waals surface area contributed by atoms with E-state index in [1.54, 1.807) is 32.4 Å². The van der Waals surface area contributed by atoms with Gasteiger partial charge in [-0.1, -0.05) is 13.3 Å². The van der Waals surface area contributed by atoms with E-state index in [2.05, 4.69) is 23.3 Å². The normalized spacial score (nSPS) is 10.2. The second-order valence-electron chi connectivity index (χ2n) is 6.08. The highest BCUT2D eigenvalue weighted by molar-refractivity contribution is 7.99. The van der Waals surface area contributed by atoms with Crippen LogP contribution >= 0.6 is 11.8 Å². The van der Waals surface area contributed by atoms with Gasteiger partial charge in [-0.3, -0.25) is 4.79 Å². The van der Waals surface area contributed by atoms with Gasteiger partial charge in [-0.25, -0.2) is 4.98 Å². The highest BCUT2D eigenvalue weighted by atomic mass is 32.2. The van der Waals surface area contributed by atoms with Crippen molar-refractivity contribution in [1.29, 1.82) is 5.26 Å². The Morgan fingerprint density at radius 3 is 2.75 bits per heavy atom. The number of ether oxygens (including phenoxy) is 2. The molecule has 0 spiro atoms. The molecule has 28 heavy (non-hydrogen) atoms. The smallest absolute Gasteiger partial charge is 0.225 e. The Bertz CT molecular complexity index is 849. The molecule has 0 fully saturated rings. The number of rotatable bonds is 10. The number of nitrogens with zero attached hydrogens (tertiary/aromatic N) is 2. The highest BCUT2D eigenvalue weighted by Gasteiger charge is 2.11. The van der Waals surface area contributed by atoms with Gasteiger partial charge in [-0.05, 0) is 37.1 Å². The summed E-state index contributed by atoms with van der Waals surface area (Å²) < 4.78 is 10.4. The van der Waals surface area contributed by atoms with Crippen molar-refractivity contribution in [2.45, 2.75) is 37.6 Å². The van der Waals surface area contributed by atoms with Crippen molar-refractivity contribution < 1.29 is 14.3 Å². The molecular weight excluding hydrogens is 374 g/mol. The van der Waals surface area contributed by atoms with Gasteiger partial charge >= 0.3 is 0 Å². The number of nitriles is 1. The van der Waals surface area contributed by atoms with Crippen LogP contribution in [0.25, 0.3) is 0 Å². The molecule has 148 valence electrons. The van der Waals surface area contributed by atoms with Crippen LogP contribution in [0.1, 0.15) is 37.4 Å². The van der Waals surface area contributed by atoms with Gasteiger partial charge in [0.1, 0.15) is 22.6 Å². The molecule has 0 saturated carbocycles. The maximum absolute atomic E-state index is 12.3. The summed E-state index contributed by atoms with van der Waals surface area (Å²) in [4.78, 5) is 16.9. The lowest BCUT2D eigenvalue weighted by Gasteiger charge is -2.11. The number of anilines is 1. The number of thioether (sulfide) groups is 1. The number of carbonyl (C=O) groups is 1. The fourth-order valence-electron chi connectivity index (χ4n) is 2.53. The van der Waals surface area contributed by atoms with E-state index in [4.69, 9.17) is 9.47 Å². The summed E-state index contributed by atoms with van der Waals surface area (Å²) in [7, 11) is 3.12. The monoisotopic (exact) mass is 399 g/mol. The molecule has 1 aromatic carbocycles. The number of aryl methyl sites for hydroxylation is 1. The first-order valence-electron chi connectivity index (χ1n) is 9.16. The van der Waals surface area contributed by atoms with Crippen LogP contribution in [-0.2, 0) is 11.2 Å². The van der Waals surface area contributed by atoms with E-state index >= 15 is 0 Å². The molecular formula is C21H25N3O3S. The zero-order valence-corrected chi connectivity index (χ0v) is 17.3. The SMILES string of the molecule is CCCCc1ccc(C#N)c(SCCC(=O)Nc2ccc(OC)cc2OC)n1. The van der Waals surface area contributed by atoms with Crippen molar-refractivity contribution in [2.24, 2.45) is 0 Å². The van der Waals surface area contributed by atoms with Crippen molar-refractivity contribution in [3.63, 3.8) is 0 Å². The molecule has 7 heteroatoms. The zero-order chi connectivity index (χ0) is 20.4. The standard InChI is InChI=1S/C21H25N3O3S/c1-4-5-6-16-8-7-15(14-22)21(23-16)28-12-11-20(25)24-18-10-9-17(26-2)13-19(18)27-3/h7-10,13H,4-6,11-12H2,1-3H3,(H,24,25). The molecule has 2 aromatic rings. The third kappa shape index (κ3) is 6.17. The van der Waals surface area contributed by atoms with E-state index in [-0.39, 0.29) is 5.91 Å². The lowest BCUT2D eigenvalue weighted by Crippen LogP contribution is -2.13. The number of amides is 1. The topological polar surface area (TPSA) is 84.2 Å². The number of nitrogens with one attached hydrogen (secondary N) is 1. The molecule has 2 rings (SSSR count). The fraction of sp³-hybridized carbons (Fsp3) is 0.381. The number of pyridine rings is 1. The quantitative estimate of drug-likeness (QED) is 0.595. The third-order valence-corrected chi connectivity index (χ3v) is 5.07. The minimum Gasteiger partial charge on any atom is -0.497 e. The Balaban J connectivity index is 1.94. The van der Waals surface area contributed by atoms with E-state index in [0.717, 1.165) is 25.0 Å². The van der Waals surface area contributed by atoms with Crippen LogP contribution in [0.4, 0.5) is 5.69 Å². The average molecular weight is 400 g/mol. The fourth-order valence-corrected chi connectivity index (χ4v) is 3.46. The van der Waals surface area contributed by atoms with E-state index in [9.17, 15) is 10.1 Å². The average Bonchev–Trinajstić information content (AvgIpc) is 2.72. The lowest BCUT2D eigenvalue weighted by atomic mass is 10.2. The van der Waals surface area contributed by atoms with E-state index in [1.165, 1.54) is 11.8 Å². The summed E-state index contributed by atoms with van der Waals surface area (Å²) in [6.07, 6.45) is 3.35. The Hall–Kier alpha value is -2.72. The number of benzene rings is 1. The summed E-state index contributed by atoms with van der Waals surface area (Å²) in [5.74, 6) is 1.60. The summed E-state index contributed by atoms with van der Waals surface area (Å²) in [6.45, 7) is 2.13. The van der Waals surface area contributed by atoms with Crippen LogP contribution in [0.5, 0.6) is 11.5 Å². The Kier molecular flexibility index (Phi) is 8.63. The Labute approximate surface area is 170 Å². The molecule has 0 aliphatic carbocycles. The van der Waals surface area contributed by atoms with Gasteiger partial charge in [-0.15, -0.1) is 11.8 Å². The first-order valence-corrected chi connectivity index (χ1v) is 10.1. The summed E-state index contributed by atoms with van der Waals surface area (Å²) in [5, 5.41) is 12.8. The van der Waals surface area contributed by atoms with Crippen LogP contribution in [0.2, 0.25) is 0 Å². The van der Waals surface area contributed by atoms with Crippen LogP contribution in [0.3, 0.4) is 0 Å². The van der Waals surface area contributed by atoms with Crippen LogP contribution in [-0.4, -0.2) is 30.9 Å². The second-order valence-corrected chi connectivity index (χ2v) is 7.17. The summed E-state index contributed by atoms with van der Waals surface area (Å²) in [6, 6.07) is 11.1. The maximum atomic E-state index is 12.3. The molecule has 1 aromatic heterocycles. The van der Waals surface area contributed by atoms with Crippen molar-refractivity contribution in [3.05, 3.63) is 41.6 Å². The van der Waals surface area contributed by atoms with Crippen molar-refractivity contribution in [1.82, 2.24) is 4.98 Å². The second kappa shape index (κ2) is 11.2. The van der Waals surface area contributed by atoms with Gasteiger partial charge in [0.05, 0.1) is 25.5 Å². The van der Waals surface area contributed by atoms with E-state index in [0.29, 0.717) is 39.9 Å². The van der Waals surface area contributed by atoms with Gasteiger partial charge in [0.2, 0.25) is 5.91 Å². The molecule has 0 saturated heterocycles. The number of aromatic nitrogens is 1. The van der Waals surface area contributed by atoms with E-state index in [1.807, 2.05) is 12.1 Å². The Morgan fingerprint density at radius 2 is 2.07 bits per heavy atom. The molecule has 1 amide bonds. The molecule has 0 aliphatic heterocycles. The minimum atomic E-state index is -0.128. The maximum Gasteiger partial charge on any atom is 0.225 e. The molecule has 0 unspecified atom stereocenters. The summed E-state index contributed by atoms with van der Waals surface area (Å²) >= 11 is 1.43. The van der Waals surface area contributed by atoms with Gasteiger partial charge < -0.3 is 14.8 Å². The molecule has 1 heterocycles. The molecule has 0 aliphatic rings. The molecule has 1 N–H and O–H groups in total. The third-order valence-electron chi connectivity index (χ3n) is 4.08. The highest BCUT2D eigenvalue weighted by Crippen LogP contribution is 2.29. The van der Waals surface area contributed by atoms with Crippen molar-refractivity contribution >= 4 is 23.4 Å². The van der Waals surface area contributed by atoms with Gasteiger partial charge in [0.25, 0.3) is 0 Å². The van der Waals surface area contributed by atoms with Crippen molar-refractivity contribution in [3.8, 4) is 17.6 Å². The number of carbonyl (C=O) groups excluding carboxylic acids is 1. The molecule has 0 bridgehead atoms. The number of hydrogen-bond acceptors (Lipinski definition) is 6. The zero-order valence-electron chi connectivity index (χ0n) is 16.4. The van der Waals surface area contributed by atoms with Gasteiger partial charge in [-0.2, -0.15) is 5.26 Å². The predicted octanol–water partition coefficient (Wildman–Crippen LogP) is 4.43. The molecule has 0 atom stereocenters. The predicted molar refractivity (Wildman–Crippen MR) is 111 cm³/mol. The first-order chi connectivity index (χ1) is 13.6.